The van der Waals surface area contributed by atoms with Gasteiger partial charge in [0.25, 0.3) is 0 Å². The third-order valence-corrected chi connectivity index (χ3v) is 6.60. The van der Waals surface area contributed by atoms with Crippen LogP contribution in [0.4, 0.5) is 10.2 Å². The molecule has 0 bridgehead atoms. The third-order valence-electron chi connectivity index (χ3n) is 6.35. The highest BCUT2D eigenvalue weighted by Gasteiger charge is 2.30. The summed E-state index contributed by atoms with van der Waals surface area (Å²) in [6, 6.07) is 22.1. The number of ketones is 2. The number of rotatable bonds is 6. The average Bonchev–Trinajstić information content (AvgIpc) is 3.00. The highest BCUT2D eigenvalue weighted by Crippen LogP contribution is 2.39. The molecule has 1 aliphatic heterocycles. The molecular weight excluding hydrogens is 463 g/mol. The van der Waals surface area contributed by atoms with Crippen molar-refractivity contribution in [1.29, 1.82) is 0 Å². The summed E-state index contributed by atoms with van der Waals surface area (Å²) < 4.78 is 15.9. The fourth-order valence-electron chi connectivity index (χ4n) is 4.67. The van der Waals surface area contributed by atoms with Crippen molar-refractivity contribution in [2.24, 2.45) is 0 Å². The zero-order chi connectivity index (χ0) is 24.4. The summed E-state index contributed by atoms with van der Waals surface area (Å²) in [5, 5.41) is 3.98. The van der Waals surface area contributed by atoms with Crippen LogP contribution in [0.25, 0.3) is 11.3 Å². The quantitative estimate of drug-likeness (QED) is 0.304. The van der Waals surface area contributed by atoms with Gasteiger partial charge >= 0.3 is 0 Å². The van der Waals surface area contributed by atoms with E-state index in [1.165, 1.54) is 12.1 Å². The molecule has 35 heavy (non-hydrogen) atoms. The molecule has 1 N–H and O–H groups in total. The summed E-state index contributed by atoms with van der Waals surface area (Å²) >= 11 is 6.06. The summed E-state index contributed by atoms with van der Waals surface area (Å²) in [4.78, 5) is 27.3. The Morgan fingerprint density at radius 1 is 0.886 bits per heavy atom. The summed E-state index contributed by atoms with van der Waals surface area (Å²) in [5.41, 5.74) is 3.75. The van der Waals surface area contributed by atoms with Gasteiger partial charge in [0.15, 0.2) is 11.6 Å². The van der Waals surface area contributed by atoms with Gasteiger partial charge in [-0.25, -0.2) is 4.39 Å². The minimum atomic E-state index is -0.339. The van der Waals surface area contributed by atoms with Gasteiger partial charge in [-0.05, 0) is 72.5 Å². The Bertz CT molecular complexity index is 1380. The fraction of sp³-hybridized carbons (Fsp3) is 0.172. The maximum Gasteiger partial charge on any atom is 0.197 e. The van der Waals surface area contributed by atoms with Crippen molar-refractivity contribution in [3.8, 4) is 11.3 Å². The van der Waals surface area contributed by atoms with Crippen molar-refractivity contribution in [2.75, 3.05) is 11.9 Å². The van der Waals surface area contributed by atoms with Gasteiger partial charge in [-0.3, -0.25) is 9.59 Å². The van der Waals surface area contributed by atoms with Crippen LogP contribution < -0.4 is 5.32 Å². The average molecular weight is 487 g/mol. The number of nitrogens with zero attached hydrogens (tertiary/aromatic N) is 1. The van der Waals surface area contributed by atoms with Crippen LogP contribution in [0.5, 0.6) is 0 Å². The van der Waals surface area contributed by atoms with E-state index in [1.54, 1.807) is 48.5 Å². The number of anilines is 1. The lowest BCUT2D eigenvalue weighted by molar-refractivity contribution is 0.0993. The molecule has 5 rings (SSSR count). The SMILES string of the molecule is O=C(Cc1c(C(=O)c2ccc(Cl)cc2)c2n(c1-c1ccc(F)cc1)CCCCN2)c1ccccc1. The van der Waals surface area contributed by atoms with Crippen molar-refractivity contribution in [3.05, 3.63) is 112 Å². The van der Waals surface area contributed by atoms with Crippen LogP contribution in [0.1, 0.15) is 44.7 Å². The van der Waals surface area contributed by atoms with Gasteiger partial charge in [0, 0.05) is 35.7 Å². The predicted molar refractivity (Wildman–Crippen MR) is 137 cm³/mol. The summed E-state index contributed by atoms with van der Waals surface area (Å²) in [7, 11) is 0. The molecule has 4 nitrogen and oxygen atoms in total. The van der Waals surface area contributed by atoms with E-state index in [0.29, 0.717) is 39.6 Å². The molecule has 0 fully saturated rings. The van der Waals surface area contributed by atoms with Crippen LogP contribution in [-0.4, -0.2) is 22.7 Å². The maximum atomic E-state index is 13.9. The molecule has 0 aliphatic carbocycles. The van der Waals surface area contributed by atoms with Crippen LogP contribution in [-0.2, 0) is 13.0 Å². The van der Waals surface area contributed by atoms with Gasteiger partial charge in [0.2, 0.25) is 0 Å². The maximum absolute atomic E-state index is 13.9. The number of carbonyl (C=O) groups excluding carboxylic acids is 2. The lowest BCUT2D eigenvalue weighted by Crippen LogP contribution is -2.12. The van der Waals surface area contributed by atoms with Gasteiger partial charge in [-0.2, -0.15) is 0 Å². The Kier molecular flexibility index (Phi) is 6.51. The molecule has 176 valence electrons. The van der Waals surface area contributed by atoms with Crippen molar-refractivity contribution in [3.63, 3.8) is 0 Å². The standard InChI is InChI=1S/C29H24ClFN2O2/c30-22-12-8-21(9-13-22)28(35)26-24(18-25(34)19-6-2-1-3-7-19)27(20-10-14-23(31)15-11-20)33-17-5-4-16-32-29(26)33/h1-3,6-15,32H,4-5,16-18H2. The highest BCUT2D eigenvalue weighted by molar-refractivity contribution is 6.30. The zero-order valence-corrected chi connectivity index (χ0v) is 19.8. The molecule has 1 aromatic heterocycles. The molecule has 2 heterocycles. The van der Waals surface area contributed by atoms with Crippen LogP contribution in [0.2, 0.25) is 5.02 Å². The van der Waals surface area contributed by atoms with E-state index in [4.69, 9.17) is 11.6 Å². The number of benzene rings is 3. The van der Waals surface area contributed by atoms with Gasteiger partial charge in [-0.15, -0.1) is 0 Å². The second kappa shape index (κ2) is 9.88. The molecule has 0 radical (unpaired) electrons. The molecule has 0 spiro atoms. The fourth-order valence-corrected chi connectivity index (χ4v) is 4.79. The first kappa shape index (κ1) is 23.1. The minimum Gasteiger partial charge on any atom is -0.371 e. The predicted octanol–water partition coefficient (Wildman–Crippen LogP) is 6.81. The van der Waals surface area contributed by atoms with Gasteiger partial charge in [0.05, 0.1) is 11.3 Å². The molecule has 1 aliphatic rings. The number of hydrogen-bond donors (Lipinski definition) is 1. The van der Waals surface area contributed by atoms with Crippen LogP contribution >= 0.6 is 11.6 Å². The molecule has 0 atom stereocenters. The van der Waals surface area contributed by atoms with Crippen molar-refractivity contribution in [2.45, 2.75) is 25.8 Å². The Labute approximate surface area is 208 Å². The first-order chi connectivity index (χ1) is 17.0. The van der Waals surface area contributed by atoms with Crippen molar-refractivity contribution in [1.82, 2.24) is 4.57 Å². The molecule has 0 unspecified atom stereocenters. The molecule has 0 amide bonds. The Morgan fingerprint density at radius 3 is 2.31 bits per heavy atom. The molecule has 0 saturated carbocycles. The van der Waals surface area contributed by atoms with Gasteiger partial charge in [-0.1, -0.05) is 41.9 Å². The molecular formula is C29H24ClFN2O2. The third kappa shape index (κ3) is 4.64. The number of hydrogen-bond acceptors (Lipinski definition) is 3. The van der Waals surface area contributed by atoms with E-state index in [2.05, 4.69) is 9.88 Å². The van der Waals surface area contributed by atoms with Crippen LogP contribution in [0.15, 0.2) is 78.9 Å². The van der Waals surface area contributed by atoms with E-state index >= 15 is 0 Å². The first-order valence-corrected chi connectivity index (χ1v) is 12.0. The lowest BCUT2D eigenvalue weighted by Gasteiger charge is -2.12. The number of carbonyl (C=O) groups is 2. The Morgan fingerprint density at radius 2 is 1.60 bits per heavy atom. The Balaban J connectivity index is 1.73. The second-order valence-corrected chi connectivity index (χ2v) is 9.08. The number of Topliss-reactive ketones (excluding diaryl/α,β-unsaturated/α-hetero) is 1. The van der Waals surface area contributed by atoms with E-state index < -0.39 is 0 Å². The van der Waals surface area contributed by atoms with E-state index in [-0.39, 0.29) is 23.8 Å². The van der Waals surface area contributed by atoms with Crippen LogP contribution in [0.3, 0.4) is 0 Å². The largest absolute Gasteiger partial charge is 0.371 e. The number of nitrogens with one attached hydrogen (secondary N) is 1. The number of aromatic nitrogens is 1. The highest BCUT2D eigenvalue weighted by atomic mass is 35.5. The van der Waals surface area contributed by atoms with Gasteiger partial charge < -0.3 is 9.88 Å². The summed E-state index contributed by atoms with van der Waals surface area (Å²) in [6.07, 6.45) is 1.92. The van der Waals surface area contributed by atoms with E-state index in [0.717, 1.165) is 30.6 Å². The molecule has 3 aromatic carbocycles. The number of fused-ring (bicyclic) bond motifs is 1. The summed E-state index contributed by atoms with van der Waals surface area (Å²) in [5.74, 6) is 0.107. The van der Waals surface area contributed by atoms with E-state index in [9.17, 15) is 14.0 Å². The lowest BCUT2D eigenvalue weighted by atomic mass is 9.93. The normalized spacial score (nSPS) is 13.0. The molecule has 4 aromatic rings. The van der Waals surface area contributed by atoms with Crippen molar-refractivity contribution >= 4 is 29.0 Å². The Hall–Kier alpha value is -3.70. The molecule has 6 heteroatoms. The second-order valence-electron chi connectivity index (χ2n) is 8.65. The summed E-state index contributed by atoms with van der Waals surface area (Å²) in [6.45, 7) is 1.41. The van der Waals surface area contributed by atoms with Crippen molar-refractivity contribution < 1.29 is 14.0 Å². The first-order valence-electron chi connectivity index (χ1n) is 11.7. The van der Waals surface area contributed by atoms with Gasteiger partial charge in [0.1, 0.15) is 11.6 Å². The minimum absolute atomic E-state index is 0.0487. The van der Waals surface area contributed by atoms with Crippen LogP contribution in [0, 0.1) is 5.82 Å². The van der Waals surface area contributed by atoms with E-state index in [1.807, 2.05) is 18.2 Å². The topological polar surface area (TPSA) is 51.1 Å². The monoisotopic (exact) mass is 486 g/mol. The molecule has 0 saturated heterocycles. The zero-order valence-electron chi connectivity index (χ0n) is 19.1. The number of halogens is 2. The smallest absolute Gasteiger partial charge is 0.197 e.